The van der Waals surface area contributed by atoms with Crippen molar-refractivity contribution in [1.29, 1.82) is 0 Å². The lowest BCUT2D eigenvalue weighted by Crippen LogP contribution is -2.18. The van der Waals surface area contributed by atoms with Gasteiger partial charge in [-0.15, -0.1) is 0 Å². The second-order valence-corrected chi connectivity index (χ2v) is 3.94. The lowest BCUT2D eigenvalue weighted by molar-refractivity contribution is -0.110. The first-order chi connectivity index (χ1) is 7.33. The zero-order chi connectivity index (χ0) is 10.7. The molecule has 1 heterocycles. The Morgan fingerprint density at radius 2 is 2.27 bits per heavy atom. The Morgan fingerprint density at radius 3 is 2.87 bits per heavy atom. The van der Waals surface area contributed by atoms with Crippen molar-refractivity contribution in [2.45, 2.75) is 12.3 Å². The average Bonchev–Trinajstić information content (AvgIpc) is 2.75. The first-order valence-corrected chi connectivity index (χ1v) is 5.23. The van der Waals surface area contributed by atoms with Gasteiger partial charge >= 0.3 is 0 Å². The topological polar surface area (TPSA) is 29.1 Å². The molecule has 80 valence electrons. The summed E-state index contributed by atoms with van der Waals surface area (Å²) in [5, 5.41) is 3.20. The van der Waals surface area contributed by atoms with Crippen molar-refractivity contribution in [2.24, 2.45) is 5.92 Å². The Labute approximate surface area is 88.5 Å². The number of aldehydes is 1. The molecule has 2 unspecified atom stereocenters. The molecule has 2 atom stereocenters. The van der Waals surface area contributed by atoms with Crippen LogP contribution in [0.1, 0.15) is 17.9 Å². The normalized spacial score (nSPS) is 22.6. The van der Waals surface area contributed by atoms with Gasteiger partial charge in [-0.1, -0.05) is 18.2 Å². The van der Waals surface area contributed by atoms with E-state index in [1.54, 1.807) is 18.2 Å². The Hall–Kier alpha value is -1.22. The fourth-order valence-corrected chi connectivity index (χ4v) is 2.17. The second-order valence-electron chi connectivity index (χ2n) is 3.94. The fraction of sp³-hybridized carbons (Fsp3) is 0.417. The lowest BCUT2D eigenvalue weighted by atomic mass is 9.86. The van der Waals surface area contributed by atoms with Gasteiger partial charge in [0.15, 0.2) is 0 Å². The van der Waals surface area contributed by atoms with Crippen molar-refractivity contribution in [3.05, 3.63) is 35.6 Å². The van der Waals surface area contributed by atoms with E-state index in [2.05, 4.69) is 5.32 Å². The molecular weight excluding hydrogens is 193 g/mol. The molecule has 0 aliphatic carbocycles. The first kappa shape index (κ1) is 10.3. The van der Waals surface area contributed by atoms with Crippen molar-refractivity contribution in [2.75, 3.05) is 13.1 Å². The second kappa shape index (κ2) is 4.53. The molecule has 1 aromatic carbocycles. The zero-order valence-electron chi connectivity index (χ0n) is 8.45. The van der Waals surface area contributed by atoms with E-state index in [0.717, 1.165) is 25.8 Å². The molecule has 15 heavy (non-hydrogen) atoms. The third-order valence-electron chi connectivity index (χ3n) is 3.02. The van der Waals surface area contributed by atoms with Crippen molar-refractivity contribution >= 4 is 6.29 Å². The van der Waals surface area contributed by atoms with Crippen LogP contribution in [0.3, 0.4) is 0 Å². The van der Waals surface area contributed by atoms with Gasteiger partial charge in [-0.05, 0) is 37.1 Å². The van der Waals surface area contributed by atoms with Crippen molar-refractivity contribution in [1.82, 2.24) is 5.32 Å². The van der Waals surface area contributed by atoms with E-state index >= 15 is 0 Å². The quantitative estimate of drug-likeness (QED) is 0.765. The van der Waals surface area contributed by atoms with Gasteiger partial charge in [-0.25, -0.2) is 4.39 Å². The molecule has 0 aromatic heterocycles. The minimum absolute atomic E-state index is 0.236. The van der Waals surface area contributed by atoms with Crippen LogP contribution in [-0.4, -0.2) is 19.4 Å². The molecule has 1 aliphatic rings. The number of hydrogen-bond donors (Lipinski definition) is 1. The van der Waals surface area contributed by atoms with Gasteiger partial charge in [0.05, 0.1) is 0 Å². The van der Waals surface area contributed by atoms with Gasteiger partial charge in [0, 0.05) is 5.92 Å². The number of carbonyl (C=O) groups excluding carboxylic acids is 1. The van der Waals surface area contributed by atoms with Crippen LogP contribution >= 0.6 is 0 Å². The number of carbonyl (C=O) groups is 1. The van der Waals surface area contributed by atoms with Gasteiger partial charge in [0.2, 0.25) is 0 Å². The van der Waals surface area contributed by atoms with E-state index < -0.39 is 0 Å². The van der Waals surface area contributed by atoms with Gasteiger partial charge in [-0.3, -0.25) is 0 Å². The summed E-state index contributed by atoms with van der Waals surface area (Å²) in [6.07, 6.45) is 1.81. The minimum atomic E-state index is -0.304. The Kier molecular flexibility index (Phi) is 3.11. The van der Waals surface area contributed by atoms with E-state index in [1.165, 1.54) is 6.07 Å². The summed E-state index contributed by atoms with van der Waals surface area (Å²) in [5.74, 6) is -0.345. The largest absolute Gasteiger partial charge is 0.316 e. The molecule has 0 bridgehead atoms. The predicted octanol–water partition coefficient (Wildman–Crippen LogP) is 1.72. The molecule has 2 rings (SSSR count). The fourth-order valence-electron chi connectivity index (χ4n) is 2.17. The van der Waals surface area contributed by atoms with Crippen LogP contribution in [0, 0.1) is 11.7 Å². The highest BCUT2D eigenvalue weighted by Gasteiger charge is 2.27. The standard InChI is InChI=1S/C12H14FNO/c13-12-4-2-1-3-10(12)11(8-15)9-5-6-14-7-9/h1-4,8-9,11,14H,5-7H2. The Bertz CT molecular complexity index is 347. The molecule has 1 fully saturated rings. The van der Waals surface area contributed by atoms with Crippen LogP contribution in [0.5, 0.6) is 0 Å². The van der Waals surface area contributed by atoms with Crippen LogP contribution in [0.4, 0.5) is 4.39 Å². The summed E-state index contributed by atoms with van der Waals surface area (Å²) in [5.41, 5.74) is 0.529. The van der Waals surface area contributed by atoms with Crippen molar-refractivity contribution in [3.8, 4) is 0 Å². The summed E-state index contributed by atoms with van der Waals surface area (Å²) in [4.78, 5) is 11.1. The summed E-state index contributed by atoms with van der Waals surface area (Å²) in [6, 6.07) is 6.53. The number of nitrogens with one attached hydrogen (secondary N) is 1. The van der Waals surface area contributed by atoms with E-state index in [0.29, 0.717) is 5.56 Å². The number of hydrogen-bond acceptors (Lipinski definition) is 2. The first-order valence-electron chi connectivity index (χ1n) is 5.23. The highest BCUT2D eigenvalue weighted by atomic mass is 19.1. The summed E-state index contributed by atoms with van der Waals surface area (Å²) < 4.78 is 13.5. The maximum atomic E-state index is 13.5. The number of halogens is 1. The van der Waals surface area contributed by atoms with Crippen LogP contribution < -0.4 is 5.32 Å². The molecule has 1 saturated heterocycles. The van der Waals surface area contributed by atoms with Crippen LogP contribution in [0.15, 0.2) is 24.3 Å². The third kappa shape index (κ3) is 2.07. The molecule has 1 N–H and O–H groups in total. The SMILES string of the molecule is O=CC(c1ccccc1F)C1CCNC1. The van der Waals surface area contributed by atoms with E-state index in [1.807, 2.05) is 0 Å². The highest BCUT2D eigenvalue weighted by molar-refractivity contribution is 5.63. The molecule has 0 saturated carbocycles. The molecular formula is C12H14FNO. The van der Waals surface area contributed by atoms with Crippen LogP contribution in [0.25, 0.3) is 0 Å². The Morgan fingerprint density at radius 1 is 1.47 bits per heavy atom. The number of rotatable bonds is 3. The molecule has 2 nitrogen and oxygen atoms in total. The van der Waals surface area contributed by atoms with Gasteiger partial charge < -0.3 is 10.1 Å². The smallest absolute Gasteiger partial charge is 0.127 e. The van der Waals surface area contributed by atoms with Crippen molar-refractivity contribution in [3.63, 3.8) is 0 Å². The Balaban J connectivity index is 2.26. The van der Waals surface area contributed by atoms with Crippen LogP contribution in [0.2, 0.25) is 0 Å². The zero-order valence-corrected chi connectivity index (χ0v) is 8.45. The van der Waals surface area contributed by atoms with Gasteiger partial charge in [-0.2, -0.15) is 0 Å². The van der Waals surface area contributed by atoms with E-state index in [4.69, 9.17) is 0 Å². The van der Waals surface area contributed by atoms with Crippen molar-refractivity contribution < 1.29 is 9.18 Å². The molecule has 0 amide bonds. The summed E-state index contributed by atoms with van der Waals surface area (Å²) in [6.45, 7) is 1.72. The lowest BCUT2D eigenvalue weighted by Gasteiger charge is -2.17. The molecule has 0 radical (unpaired) electrons. The van der Waals surface area contributed by atoms with E-state index in [-0.39, 0.29) is 17.7 Å². The van der Waals surface area contributed by atoms with Gasteiger partial charge in [0.1, 0.15) is 12.1 Å². The molecule has 3 heteroatoms. The van der Waals surface area contributed by atoms with Gasteiger partial charge in [0.25, 0.3) is 0 Å². The maximum absolute atomic E-state index is 13.5. The molecule has 1 aromatic rings. The highest BCUT2D eigenvalue weighted by Crippen LogP contribution is 2.28. The van der Waals surface area contributed by atoms with Crippen LogP contribution in [-0.2, 0) is 4.79 Å². The number of benzene rings is 1. The predicted molar refractivity (Wildman–Crippen MR) is 56.2 cm³/mol. The molecule has 0 spiro atoms. The summed E-state index contributed by atoms with van der Waals surface area (Å²) >= 11 is 0. The third-order valence-corrected chi connectivity index (χ3v) is 3.02. The minimum Gasteiger partial charge on any atom is -0.316 e. The van der Waals surface area contributed by atoms with E-state index in [9.17, 15) is 9.18 Å². The maximum Gasteiger partial charge on any atom is 0.127 e. The average molecular weight is 207 g/mol. The monoisotopic (exact) mass is 207 g/mol. The summed E-state index contributed by atoms with van der Waals surface area (Å²) in [7, 11) is 0. The molecule has 1 aliphatic heterocycles.